The van der Waals surface area contributed by atoms with Gasteiger partial charge in [0, 0.05) is 22.0 Å². The molecule has 1 aromatic heterocycles. The third-order valence-corrected chi connectivity index (χ3v) is 5.55. The molecule has 0 atom stereocenters. The van der Waals surface area contributed by atoms with Crippen molar-refractivity contribution in [3.63, 3.8) is 0 Å². The third kappa shape index (κ3) is 4.62. The van der Waals surface area contributed by atoms with E-state index in [0.717, 1.165) is 6.07 Å². The number of nitrogens with zero attached hydrogens (tertiary/aromatic N) is 1. The Bertz CT molecular complexity index is 1220. The third-order valence-electron chi connectivity index (χ3n) is 4.49. The van der Waals surface area contributed by atoms with Crippen LogP contribution in [0, 0.1) is 0 Å². The van der Waals surface area contributed by atoms with Crippen molar-refractivity contribution >= 4 is 57.5 Å². The van der Waals surface area contributed by atoms with E-state index in [2.05, 4.69) is 15.6 Å². The summed E-state index contributed by atoms with van der Waals surface area (Å²) in [6, 6.07) is 9.56. The highest BCUT2D eigenvalue weighted by molar-refractivity contribution is 7.09. The van der Waals surface area contributed by atoms with Gasteiger partial charge in [-0.2, -0.15) is 13.2 Å². The summed E-state index contributed by atoms with van der Waals surface area (Å²) in [7, 11) is 0. The maximum atomic E-state index is 13.1. The van der Waals surface area contributed by atoms with Gasteiger partial charge in [-0.3, -0.25) is 9.59 Å². The fourth-order valence-electron chi connectivity index (χ4n) is 3.03. The highest BCUT2D eigenvalue weighted by Crippen LogP contribution is 2.35. The van der Waals surface area contributed by atoms with Crippen molar-refractivity contribution in [1.82, 2.24) is 0 Å². The molecule has 0 saturated heterocycles. The fraction of sp³-hybridized carbons (Fsp3) is 0.0952. The Kier molecular flexibility index (Phi) is 5.55. The van der Waals surface area contributed by atoms with Gasteiger partial charge in [-0.25, -0.2) is 4.99 Å². The number of benzene rings is 2. The normalized spacial score (nSPS) is 13.7. The number of fused-ring (bicyclic) bond motifs is 1. The van der Waals surface area contributed by atoms with Gasteiger partial charge in [0.2, 0.25) is 5.91 Å². The quantitative estimate of drug-likeness (QED) is 0.490. The van der Waals surface area contributed by atoms with Crippen LogP contribution in [0.2, 0.25) is 5.02 Å². The lowest BCUT2D eigenvalue weighted by Gasteiger charge is -2.12. The number of halogens is 4. The molecule has 4 rings (SSSR count). The molecule has 0 aliphatic carbocycles. The molecule has 5 nitrogen and oxygen atoms in total. The first-order chi connectivity index (χ1) is 14.7. The van der Waals surface area contributed by atoms with Crippen molar-refractivity contribution in [3.05, 3.63) is 74.9 Å². The number of hydrogen-bond donors (Lipinski definition) is 2. The summed E-state index contributed by atoms with van der Waals surface area (Å²) < 4.78 is 39.2. The van der Waals surface area contributed by atoms with Crippen molar-refractivity contribution < 1.29 is 22.8 Å². The molecule has 3 aromatic rings. The van der Waals surface area contributed by atoms with E-state index in [-0.39, 0.29) is 17.9 Å². The van der Waals surface area contributed by atoms with Crippen molar-refractivity contribution in [2.24, 2.45) is 4.99 Å². The zero-order valence-corrected chi connectivity index (χ0v) is 17.2. The molecular weight excluding hydrogens is 451 g/mol. The van der Waals surface area contributed by atoms with Gasteiger partial charge in [0.15, 0.2) is 0 Å². The smallest absolute Gasteiger partial charge is 0.323 e. The van der Waals surface area contributed by atoms with E-state index in [1.54, 1.807) is 29.6 Å². The minimum absolute atomic E-state index is 0.0445. The molecule has 0 saturated carbocycles. The summed E-state index contributed by atoms with van der Waals surface area (Å²) in [5.41, 5.74) is 1.48. The molecule has 2 N–H and O–H groups in total. The first-order valence-corrected chi connectivity index (χ1v) is 10.2. The van der Waals surface area contributed by atoms with Crippen LogP contribution >= 0.6 is 22.9 Å². The Labute approximate surface area is 183 Å². The number of carbonyl (C=O) groups excluding carboxylic acids is 2. The number of carbonyl (C=O) groups is 2. The molecule has 0 bridgehead atoms. The summed E-state index contributed by atoms with van der Waals surface area (Å²) in [5, 5.41) is 8.47. The van der Waals surface area contributed by atoms with E-state index in [1.165, 1.54) is 17.4 Å². The van der Waals surface area contributed by atoms with Crippen molar-refractivity contribution in [2.75, 3.05) is 10.6 Å². The minimum Gasteiger partial charge on any atom is -0.323 e. The first kappa shape index (κ1) is 21.1. The van der Waals surface area contributed by atoms with Crippen LogP contribution in [-0.4, -0.2) is 17.5 Å². The maximum absolute atomic E-state index is 13.1. The number of thiophene rings is 1. The topological polar surface area (TPSA) is 70.6 Å². The van der Waals surface area contributed by atoms with Gasteiger partial charge in [-0.05, 0) is 35.9 Å². The van der Waals surface area contributed by atoms with E-state index in [9.17, 15) is 22.8 Å². The zero-order chi connectivity index (χ0) is 22.2. The largest absolute Gasteiger partial charge is 0.417 e. The molecule has 2 heterocycles. The van der Waals surface area contributed by atoms with Crippen LogP contribution < -0.4 is 10.6 Å². The van der Waals surface area contributed by atoms with Crippen LogP contribution in [0.25, 0.3) is 0 Å². The van der Waals surface area contributed by atoms with Crippen molar-refractivity contribution in [2.45, 2.75) is 12.6 Å². The fourth-order valence-corrected chi connectivity index (χ4v) is 3.95. The van der Waals surface area contributed by atoms with Gasteiger partial charge < -0.3 is 10.6 Å². The second kappa shape index (κ2) is 8.16. The molecule has 2 amide bonds. The predicted molar refractivity (Wildman–Crippen MR) is 115 cm³/mol. The highest BCUT2D eigenvalue weighted by atomic mass is 35.5. The summed E-state index contributed by atoms with van der Waals surface area (Å²) in [6.07, 6.45) is -4.63. The van der Waals surface area contributed by atoms with Crippen LogP contribution in [-0.2, 0) is 11.0 Å². The Hall–Kier alpha value is -3.17. The lowest BCUT2D eigenvalue weighted by Crippen LogP contribution is -2.16. The number of rotatable bonds is 3. The standard InChI is InChI=1S/C21H13ClF3N3O2S/c22-15-5-4-12(7-14(15)21(23,24)25)20(30)26-13-3-1-2-11(6-13)16-8-19(29)28-18-10-31-9-17(18)27-16/h1-7,9-10H,8H2,(H,26,30)(H,28,29). The average Bonchev–Trinajstić information content (AvgIpc) is 3.06. The molecule has 1 aliphatic heterocycles. The van der Waals surface area contributed by atoms with E-state index in [4.69, 9.17) is 11.6 Å². The molecule has 0 spiro atoms. The number of alkyl halides is 3. The van der Waals surface area contributed by atoms with Gasteiger partial charge in [0.1, 0.15) is 0 Å². The minimum atomic E-state index is -4.67. The van der Waals surface area contributed by atoms with Crippen molar-refractivity contribution in [1.29, 1.82) is 0 Å². The van der Waals surface area contributed by atoms with Crippen LogP contribution in [0.1, 0.15) is 27.9 Å². The van der Waals surface area contributed by atoms with Gasteiger partial charge in [0.05, 0.1) is 34.1 Å². The lowest BCUT2D eigenvalue weighted by molar-refractivity contribution is -0.137. The molecule has 0 fully saturated rings. The van der Waals surface area contributed by atoms with Gasteiger partial charge in [-0.1, -0.05) is 23.7 Å². The number of anilines is 2. The number of hydrogen-bond acceptors (Lipinski definition) is 4. The van der Waals surface area contributed by atoms with E-state index >= 15 is 0 Å². The van der Waals surface area contributed by atoms with E-state index in [1.807, 2.05) is 5.38 Å². The second-order valence-corrected chi connectivity index (χ2v) is 7.83. The van der Waals surface area contributed by atoms with Gasteiger partial charge >= 0.3 is 6.18 Å². The molecule has 10 heteroatoms. The van der Waals surface area contributed by atoms with Gasteiger partial charge in [0.25, 0.3) is 5.91 Å². The number of aliphatic imine (C=N–C) groups is 1. The summed E-state index contributed by atoms with van der Waals surface area (Å²) in [5.74, 6) is -0.939. The molecule has 0 unspecified atom stereocenters. The Morgan fingerprint density at radius 2 is 1.97 bits per heavy atom. The van der Waals surface area contributed by atoms with Gasteiger partial charge in [-0.15, -0.1) is 11.3 Å². The van der Waals surface area contributed by atoms with Crippen LogP contribution in [0.3, 0.4) is 0 Å². The SMILES string of the molecule is O=C1CC(c2cccc(NC(=O)c3ccc(Cl)c(C(F)(F)F)c3)c2)=Nc2cscc2N1. The van der Waals surface area contributed by atoms with Crippen LogP contribution in [0.15, 0.2) is 58.2 Å². The monoisotopic (exact) mass is 463 g/mol. The number of amides is 2. The summed E-state index contributed by atoms with van der Waals surface area (Å²) >= 11 is 7.02. The second-order valence-electron chi connectivity index (χ2n) is 6.68. The Morgan fingerprint density at radius 3 is 2.74 bits per heavy atom. The molecule has 31 heavy (non-hydrogen) atoms. The maximum Gasteiger partial charge on any atom is 0.417 e. The van der Waals surface area contributed by atoms with Crippen LogP contribution in [0.4, 0.5) is 30.2 Å². The Balaban J connectivity index is 1.60. The molecule has 158 valence electrons. The lowest BCUT2D eigenvalue weighted by atomic mass is 10.1. The first-order valence-electron chi connectivity index (χ1n) is 8.93. The average molecular weight is 464 g/mol. The molecule has 2 aromatic carbocycles. The van der Waals surface area contributed by atoms with Crippen molar-refractivity contribution in [3.8, 4) is 0 Å². The predicted octanol–water partition coefficient (Wildman–Crippen LogP) is 6.14. The Morgan fingerprint density at radius 1 is 1.16 bits per heavy atom. The van der Waals surface area contributed by atoms with E-state index in [0.29, 0.717) is 34.4 Å². The van der Waals surface area contributed by atoms with E-state index < -0.39 is 22.7 Å². The highest BCUT2D eigenvalue weighted by Gasteiger charge is 2.33. The van der Waals surface area contributed by atoms with Crippen LogP contribution in [0.5, 0.6) is 0 Å². The molecule has 1 aliphatic rings. The molecular formula is C21H13ClF3N3O2S. The zero-order valence-electron chi connectivity index (χ0n) is 15.6. The number of nitrogens with one attached hydrogen (secondary N) is 2. The summed E-state index contributed by atoms with van der Waals surface area (Å²) in [4.78, 5) is 29.2. The summed E-state index contributed by atoms with van der Waals surface area (Å²) in [6.45, 7) is 0. The molecule has 0 radical (unpaired) electrons.